The summed E-state index contributed by atoms with van der Waals surface area (Å²) in [5.74, 6) is -17.8. The molecule has 0 radical (unpaired) electrons. The first-order chi connectivity index (χ1) is 42.0. The van der Waals surface area contributed by atoms with E-state index in [1.54, 1.807) is 0 Å². The second kappa shape index (κ2) is 38.8. The van der Waals surface area contributed by atoms with E-state index in [-0.39, 0.29) is 56.9 Å². The van der Waals surface area contributed by atoms with Crippen molar-refractivity contribution in [2.45, 2.75) is 0 Å². The van der Waals surface area contributed by atoms with Crippen LogP contribution in [0.1, 0.15) is 0 Å². The van der Waals surface area contributed by atoms with Crippen LogP contribution in [0.25, 0.3) is 0 Å². The molecule has 30 heteroatoms. The third-order valence-corrected chi connectivity index (χ3v) is 9.44. The number of hydrogen-bond acceptors (Lipinski definition) is 10. The number of benzene rings is 10. The maximum Gasteiger partial charge on any atom is 0.160 e. The fourth-order valence-corrected chi connectivity index (χ4v) is 5.12. The molecule has 20 N–H and O–H groups in total. The first-order valence-electron chi connectivity index (χ1n) is 24.0. The number of halogens is 20. The van der Waals surface area contributed by atoms with Crippen LogP contribution in [0.5, 0.6) is 0 Å². The number of rotatable bonds is 0. The maximum absolute atomic E-state index is 12.1. The molecule has 0 aliphatic carbocycles. The minimum Gasteiger partial charge on any atom is -0.399 e. The van der Waals surface area contributed by atoms with E-state index < -0.39 is 116 Å². The van der Waals surface area contributed by atoms with Gasteiger partial charge in [-0.1, -0.05) is 0 Å². The second-order valence-electron chi connectivity index (χ2n) is 16.7. The summed E-state index contributed by atoms with van der Waals surface area (Å²) >= 11 is 0. The molecule has 0 heterocycles. The molecular weight excluding hydrogens is 1240 g/mol. The number of anilines is 10. The molecule has 10 aromatic rings. The molecule has 10 aromatic carbocycles. The molecule has 0 aliphatic rings. The van der Waals surface area contributed by atoms with Gasteiger partial charge in [0.25, 0.3) is 0 Å². The van der Waals surface area contributed by atoms with E-state index in [4.69, 9.17) is 57.3 Å². The minimum atomic E-state index is -0.907. The Morgan fingerprint density at radius 1 is 0.111 bits per heavy atom. The predicted molar refractivity (Wildman–Crippen MR) is 308 cm³/mol. The van der Waals surface area contributed by atoms with Crippen molar-refractivity contribution in [2.75, 3.05) is 57.3 Å². The molecule has 0 saturated heterocycles. The summed E-state index contributed by atoms with van der Waals surface area (Å²) in [4.78, 5) is 0. The van der Waals surface area contributed by atoms with Crippen LogP contribution >= 0.6 is 0 Å². The summed E-state index contributed by atoms with van der Waals surface area (Å²) in [7, 11) is 0. The molecule has 0 amide bonds. The summed E-state index contributed by atoms with van der Waals surface area (Å²) in [6.45, 7) is 0. The zero-order valence-electron chi connectivity index (χ0n) is 45.7. The van der Waals surface area contributed by atoms with Gasteiger partial charge in [-0.15, -0.1) is 0 Å². The van der Waals surface area contributed by atoms with Crippen molar-refractivity contribution in [1.82, 2.24) is 0 Å². The van der Waals surface area contributed by atoms with Crippen LogP contribution in [0.4, 0.5) is 145 Å². The summed E-state index contributed by atoms with van der Waals surface area (Å²) < 4.78 is 242. The molecule has 0 aliphatic heterocycles. The largest absolute Gasteiger partial charge is 0.399 e. The van der Waals surface area contributed by atoms with Gasteiger partial charge >= 0.3 is 0 Å². The Balaban J connectivity index is 0.000000500. The highest BCUT2D eigenvalue weighted by Gasteiger charge is 2.05. The van der Waals surface area contributed by atoms with Crippen LogP contribution in [0.15, 0.2) is 182 Å². The van der Waals surface area contributed by atoms with Gasteiger partial charge in [0.05, 0.1) is 0 Å². The Morgan fingerprint density at radius 3 is 0.222 bits per heavy atom. The monoisotopic (exact) mass is 1290 g/mol. The maximum atomic E-state index is 12.1. The Hall–Kier alpha value is -11.2. The Labute approximate surface area is 499 Å². The van der Waals surface area contributed by atoms with E-state index in [9.17, 15) is 87.8 Å². The lowest BCUT2D eigenvalue weighted by molar-refractivity contribution is 0.509. The van der Waals surface area contributed by atoms with Crippen LogP contribution in [0.2, 0.25) is 0 Å². The van der Waals surface area contributed by atoms with Crippen LogP contribution in [-0.4, -0.2) is 0 Å². The summed E-state index contributed by atoms with van der Waals surface area (Å²) in [5, 5.41) is 0. The number of nitrogen functional groups attached to an aromatic ring is 10. The summed E-state index contributed by atoms with van der Waals surface area (Å²) in [6.07, 6.45) is 0. The highest BCUT2D eigenvalue weighted by Crippen LogP contribution is 2.16. The lowest BCUT2D eigenvalue weighted by atomic mass is 10.3. The van der Waals surface area contributed by atoms with E-state index in [0.717, 1.165) is 121 Å². The van der Waals surface area contributed by atoms with Gasteiger partial charge in [-0.3, -0.25) is 0 Å². The Morgan fingerprint density at radius 2 is 0.178 bits per heavy atom. The van der Waals surface area contributed by atoms with Crippen molar-refractivity contribution >= 4 is 56.9 Å². The number of nitrogens with two attached hydrogens (primary N) is 10. The molecule has 90 heavy (non-hydrogen) atoms. The molecule has 10 rings (SSSR count). The average molecular weight is 1290 g/mol. The SMILES string of the molecule is Nc1ccc(F)c(F)c1.Nc1ccc(F)c(F)c1.Nc1ccc(F)c(F)c1.Nc1ccc(F)c(F)c1.Nc1ccc(F)c(F)c1.Nc1ccc(F)c(F)c1.Nc1ccc(F)c(F)c1.Nc1ccc(F)c(F)c1.Nc1ccc(F)c(F)c1.Nc1ccc(F)c(F)c1. The van der Waals surface area contributed by atoms with Crippen molar-refractivity contribution < 1.29 is 87.8 Å². The lowest BCUT2D eigenvalue weighted by Gasteiger charge is -1.91. The highest BCUT2D eigenvalue weighted by atomic mass is 19.2. The molecule has 0 spiro atoms. The topological polar surface area (TPSA) is 260 Å². The molecule has 10 nitrogen and oxygen atoms in total. The van der Waals surface area contributed by atoms with Crippen molar-refractivity contribution in [1.29, 1.82) is 0 Å². The molecule has 480 valence electrons. The Bertz CT molecular complexity index is 3050. The smallest absolute Gasteiger partial charge is 0.160 e. The third-order valence-electron chi connectivity index (χ3n) is 9.44. The van der Waals surface area contributed by atoms with Gasteiger partial charge < -0.3 is 57.3 Å². The van der Waals surface area contributed by atoms with Crippen LogP contribution in [0, 0.1) is 116 Å². The zero-order chi connectivity index (χ0) is 68.5. The van der Waals surface area contributed by atoms with Gasteiger partial charge in [-0.05, 0) is 182 Å². The molecule has 0 aromatic heterocycles. The van der Waals surface area contributed by atoms with Gasteiger partial charge in [-0.2, -0.15) is 0 Å². The van der Waals surface area contributed by atoms with Crippen LogP contribution < -0.4 is 57.3 Å². The van der Waals surface area contributed by atoms with Crippen molar-refractivity contribution in [2.24, 2.45) is 0 Å². The molecule has 0 bridgehead atoms. The molecule has 0 saturated carbocycles. The zero-order valence-corrected chi connectivity index (χ0v) is 45.7. The van der Waals surface area contributed by atoms with Crippen LogP contribution in [0.3, 0.4) is 0 Å². The van der Waals surface area contributed by atoms with Gasteiger partial charge in [0, 0.05) is 56.9 Å². The highest BCUT2D eigenvalue weighted by molar-refractivity contribution is 5.43. The minimum absolute atomic E-state index is 0.230. The normalized spacial score (nSPS) is 9.56. The quantitative estimate of drug-likeness (QED) is 0.0507. The second-order valence-corrected chi connectivity index (χ2v) is 16.7. The Kier molecular flexibility index (Phi) is 33.1. The fraction of sp³-hybridized carbons (Fsp3) is 0. The van der Waals surface area contributed by atoms with E-state index in [0.29, 0.717) is 0 Å². The van der Waals surface area contributed by atoms with Crippen molar-refractivity contribution in [3.63, 3.8) is 0 Å². The molecular formula is C60H50F20N10. The lowest BCUT2D eigenvalue weighted by Crippen LogP contribution is -1.88. The standard InChI is InChI=1S/10C6H5F2N/c10*7-5-2-1-4(9)3-6(5)8/h10*1-3H,9H2. The van der Waals surface area contributed by atoms with E-state index in [2.05, 4.69) is 0 Å². The molecule has 0 atom stereocenters. The number of hydrogen-bond donors (Lipinski definition) is 10. The van der Waals surface area contributed by atoms with Crippen molar-refractivity contribution in [3.05, 3.63) is 298 Å². The van der Waals surface area contributed by atoms with Gasteiger partial charge in [-0.25, -0.2) is 87.8 Å². The molecule has 0 fully saturated rings. The van der Waals surface area contributed by atoms with Crippen LogP contribution in [-0.2, 0) is 0 Å². The third kappa shape index (κ3) is 31.3. The van der Waals surface area contributed by atoms with Gasteiger partial charge in [0.2, 0.25) is 0 Å². The average Bonchev–Trinajstić information content (AvgIpc) is 3.48. The molecule has 0 unspecified atom stereocenters. The van der Waals surface area contributed by atoms with Crippen molar-refractivity contribution in [3.8, 4) is 0 Å². The van der Waals surface area contributed by atoms with E-state index in [1.165, 1.54) is 60.7 Å². The fourth-order valence-electron chi connectivity index (χ4n) is 5.12. The predicted octanol–water partition coefficient (Wildman–Crippen LogP) is 15.5. The van der Waals surface area contributed by atoms with Gasteiger partial charge in [0.15, 0.2) is 116 Å². The first-order valence-corrected chi connectivity index (χ1v) is 24.0. The summed E-state index contributed by atoms with van der Waals surface area (Å²) in [6, 6.07) is 32.3. The van der Waals surface area contributed by atoms with Gasteiger partial charge in [0.1, 0.15) is 0 Å². The van der Waals surface area contributed by atoms with E-state index >= 15 is 0 Å². The summed E-state index contributed by atoms with van der Waals surface area (Å²) in [5.41, 5.74) is 53.5. The first kappa shape index (κ1) is 76.8. The van der Waals surface area contributed by atoms with E-state index in [1.807, 2.05) is 0 Å².